The molecule has 2 aromatic carbocycles. The smallest absolute Gasteiger partial charge is 0.234 e. The number of hydrogen-bond donors (Lipinski definition) is 2. The maximum atomic E-state index is 12.0. The number of benzene rings is 2. The van der Waals surface area contributed by atoms with Crippen molar-refractivity contribution in [1.82, 2.24) is 9.97 Å². The van der Waals surface area contributed by atoms with Gasteiger partial charge in [0.25, 0.3) is 0 Å². The molecule has 0 radical (unpaired) electrons. The first-order chi connectivity index (χ1) is 12.1. The summed E-state index contributed by atoms with van der Waals surface area (Å²) in [6.07, 6.45) is 0.778. The Bertz CT molecular complexity index is 847. The van der Waals surface area contributed by atoms with Gasteiger partial charge in [-0.25, -0.2) is 4.98 Å². The number of nitrogens with zero attached hydrogens (tertiary/aromatic N) is 1. The number of halogens is 1. The molecule has 0 fully saturated rings. The van der Waals surface area contributed by atoms with Crippen molar-refractivity contribution in [1.29, 1.82) is 0 Å². The fourth-order valence-corrected chi connectivity index (χ4v) is 3.23. The largest absolute Gasteiger partial charge is 0.337 e. The molecule has 0 unspecified atom stereocenters. The third-order valence-electron chi connectivity index (χ3n) is 3.65. The number of aryl methyl sites for hydroxylation is 1. The van der Waals surface area contributed by atoms with Gasteiger partial charge in [-0.15, -0.1) is 0 Å². The van der Waals surface area contributed by atoms with Gasteiger partial charge in [0.1, 0.15) is 0 Å². The van der Waals surface area contributed by atoms with Crippen LogP contribution in [0.25, 0.3) is 0 Å². The van der Waals surface area contributed by atoms with Crippen molar-refractivity contribution >= 4 is 35.0 Å². The SMILES string of the molecule is Cc1[nH]c(SCC(=O)Nc2ccc(Cl)cc2)nc1Cc1ccccc1. The first-order valence-corrected chi connectivity index (χ1v) is 9.24. The normalized spacial score (nSPS) is 10.6. The molecule has 128 valence electrons. The van der Waals surface area contributed by atoms with Crippen molar-refractivity contribution in [3.63, 3.8) is 0 Å². The van der Waals surface area contributed by atoms with Crippen LogP contribution in [0, 0.1) is 6.92 Å². The fourth-order valence-electron chi connectivity index (χ4n) is 2.36. The number of hydrogen-bond acceptors (Lipinski definition) is 3. The van der Waals surface area contributed by atoms with E-state index >= 15 is 0 Å². The van der Waals surface area contributed by atoms with Crippen LogP contribution in [0.2, 0.25) is 5.02 Å². The lowest BCUT2D eigenvalue weighted by atomic mass is 10.1. The molecule has 0 aliphatic rings. The van der Waals surface area contributed by atoms with E-state index < -0.39 is 0 Å². The summed E-state index contributed by atoms with van der Waals surface area (Å²) in [6, 6.07) is 17.3. The Kier molecular flexibility index (Phi) is 5.79. The maximum absolute atomic E-state index is 12.0. The average molecular weight is 372 g/mol. The van der Waals surface area contributed by atoms with E-state index in [1.165, 1.54) is 17.3 Å². The van der Waals surface area contributed by atoms with Crippen LogP contribution < -0.4 is 5.32 Å². The van der Waals surface area contributed by atoms with Gasteiger partial charge >= 0.3 is 0 Å². The molecular formula is C19H18ClN3OS. The second-order valence-corrected chi connectivity index (χ2v) is 7.02. The summed E-state index contributed by atoms with van der Waals surface area (Å²) < 4.78 is 0. The molecule has 3 rings (SSSR count). The highest BCUT2D eigenvalue weighted by Gasteiger charge is 2.10. The maximum Gasteiger partial charge on any atom is 0.234 e. The van der Waals surface area contributed by atoms with Gasteiger partial charge in [0, 0.05) is 22.8 Å². The second-order valence-electron chi connectivity index (χ2n) is 5.62. The Hall–Kier alpha value is -2.24. The van der Waals surface area contributed by atoms with Gasteiger partial charge in [0.15, 0.2) is 5.16 Å². The number of aromatic nitrogens is 2. The first kappa shape index (κ1) is 17.6. The number of H-pyrrole nitrogens is 1. The number of thioether (sulfide) groups is 1. The second kappa shape index (κ2) is 8.23. The highest BCUT2D eigenvalue weighted by Crippen LogP contribution is 2.20. The summed E-state index contributed by atoms with van der Waals surface area (Å²) >= 11 is 7.23. The predicted molar refractivity (Wildman–Crippen MR) is 103 cm³/mol. The number of carbonyl (C=O) groups is 1. The van der Waals surface area contributed by atoms with Crippen molar-refractivity contribution in [2.75, 3.05) is 11.1 Å². The van der Waals surface area contributed by atoms with Gasteiger partial charge in [-0.05, 0) is 36.8 Å². The van der Waals surface area contributed by atoms with Crippen LogP contribution in [-0.2, 0) is 11.2 Å². The van der Waals surface area contributed by atoms with E-state index in [0.717, 1.165) is 28.7 Å². The van der Waals surface area contributed by atoms with E-state index in [0.29, 0.717) is 10.8 Å². The van der Waals surface area contributed by atoms with Gasteiger partial charge in [0.05, 0.1) is 11.4 Å². The molecule has 6 heteroatoms. The van der Waals surface area contributed by atoms with Crippen LogP contribution in [0.1, 0.15) is 17.0 Å². The minimum Gasteiger partial charge on any atom is -0.337 e. The lowest BCUT2D eigenvalue weighted by Gasteiger charge is -2.04. The van der Waals surface area contributed by atoms with Gasteiger partial charge in [-0.1, -0.05) is 53.7 Å². The third kappa shape index (κ3) is 5.11. The summed E-state index contributed by atoms with van der Waals surface area (Å²) in [5, 5.41) is 4.24. The zero-order valence-corrected chi connectivity index (χ0v) is 15.3. The molecule has 25 heavy (non-hydrogen) atoms. The topological polar surface area (TPSA) is 57.8 Å². The van der Waals surface area contributed by atoms with Crippen molar-refractivity contribution in [2.24, 2.45) is 0 Å². The monoisotopic (exact) mass is 371 g/mol. The van der Waals surface area contributed by atoms with E-state index in [4.69, 9.17) is 11.6 Å². The number of imidazole rings is 1. The number of amides is 1. The lowest BCUT2D eigenvalue weighted by Crippen LogP contribution is -2.13. The minimum absolute atomic E-state index is 0.0778. The molecule has 0 spiro atoms. The molecule has 0 atom stereocenters. The number of nitrogens with one attached hydrogen (secondary N) is 2. The first-order valence-electron chi connectivity index (χ1n) is 7.88. The van der Waals surface area contributed by atoms with Crippen LogP contribution >= 0.6 is 23.4 Å². The summed E-state index contributed by atoms with van der Waals surface area (Å²) in [7, 11) is 0. The van der Waals surface area contributed by atoms with Crippen LogP contribution in [0.3, 0.4) is 0 Å². The summed E-state index contributed by atoms with van der Waals surface area (Å²) in [6.45, 7) is 2.00. The van der Waals surface area contributed by atoms with Gasteiger partial charge in [0.2, 0.25) is 5.91 Å². The Morgan fingerprint density at radius 2 is 1.88 bits per heavy atom. The van der Waals surface area contributed by atoms with Gasteiger partial charge in [-0.2, -0.15) is 0 Å². The molecule has 0 aliphatic heterocycles. The molecule has 0 aliphatic carbocycles. The third-order valence-corrected chi connectivity index (χ3v) is 4.77. The molecule has 0 bridgehead atoms. The highest BCUT2D eigenvalue weighted by molar-refractivity contribution is 7.99. The lowest BCUT2D eigenvalue weighted by molar-refractivity contribution is -0.113. The standard InChI is InChI=1S/C19H18ClN3OS/c1-13-17(11-14-5-3-2-4-6-14)23-19(21-13)25-12-18(24)22-16-9-7-15(20)8-10-16/h2-10H,11-12H2,1H3,(H,21,23)(H,22,24). The van der Waals surface area contributed by atoms with Gasteiger partial charge in [-0.3, -0.25) is 4.79 Å². The molecule has 0 saturated carbocycles. The zero-order chi connectivity index (χ0) is 17.6. The van der Waals surface area contributed by atoms with Crippen LogP contribution in [0.15, 0.2) is 59.8 Å². The molecule has 1 heterocycles. The Morgan fingerprint density at radius 3 is 2.60 bits per heavy atom. The van der Waals surface area contributed by atoms with Crippen molar-refractivity contribution < 1.29 is 4.79 Å². The predicted octanol–water partition coefficient (Wildman–Crippen LogP) is 4.69. The zero-order valence-electron chi connectivity index (χ0n) is 13.8. The Balaban J connectivity index is 1.55. The molecular weight excluding hydrogens is 354 g/mol. The minimum atomic E-state index is -0.0778. The fraction of sp³-hybridized carbons (Fsp3) is 0.158. The number of rotatable bonds is 6. The van der Waals surface area contributed by atoms with Crippen molar-refractivity contribution in [2.45, 2.75) is 18.5 Å². The highest BCUT2D eigenvalue weighted by atomic mass is 35.5. The summed E-state index contributed by atoms with van der Waals surface area (Å²) in [5.41, 5.74) is 3.99. The van der Waals surface area contributed by atoms with E-state index in [1.807, 2.05) is 25.1 Å². The molecule has 1 amide bonds. The number of aromatic amines is 1. The Morgan fingerprint density at radius 1 is 1.16 bits per heavy atom. The van der Waals surface area contributed by atoms with Crippen molar-refractivity contribution in [3.8, 4) is 0 Å². The molecule has 2 N–H and O–H groups in total. The molecule has 0 saturated heterocycles. The Labute approximate surface area is 156 Å². The molecule has 4 nitrogen and oxygen atoms in total. The average Bonchev–Trinajstić information content (AvgIpc) is 2.96. The summed E-state index contributed by atoms with van der Waals surface area (Å²) in [4.78, 5) is 19.9. The van der Waals surface area contributed by atoms with Gasteiger partial charge < -0.3 is 10.3 Å². The van der Waals surface area contributed by atoms with E-state index in [9.17, 15) is 4.79 Å². The van der Waals surface area contributed by atoms with Crippen LogP contribution in [0.5, 0.6) is 0 Å². The van der Waals surface area contributed by atoms with E-state index in [1.54, 1.807) is 24.3 Å². The quantitative estimate of drug-likeness (QED) is 0.618. The summed E-state index contributed by atoms with van der Waals surface area (Å²) in [5.74, 6) is 0.214. The van der Waals surface area contributed by atoms with E-state index in [-0.39, 0.29) is 5.91 Å². The van der Waals surface area contributed by atoms with Crippen molar-refractivity contribution in [3.05, 3.63) is 76.6 Å². The van der Waals surface area contributed by atoms with Crippen LogP contribution in [0.4, 0.5) is 5.69 Å². The number of anilines is 1. The molecule has 3 aromatic rings. The number of carbonyl (C=O) groups excluding carboxylic acids is 1. The van der Waals surface area contributed by atoms with Crippen LogP contribution in [-0.4, -0.2) is 21.6 Å². The molecule has 1 aromatic heterocycles. The van der Waals surface area contributed by atoms with E-state index in [2.05, 4.69) is 27.4 Å².